The molecule has 0 atom stereocenters. The smallest absolute Gasteiger partial charge is 0.275 e. The molecule has 1 N–H and O–H groups in total. The van der Waals surface area contributed by atoms with E-state index in [0.29, 0.717) is 16.4 Å². The Balaban J connectivity index is 1.92. The Hall–Kier alpha value is -2.33. The van der Waals surface area contributed by atoms with Crippen molar-refractivity contribution in [2.75, 3.05) is 5.32 Å². The van der Waals surface area contributed by atoms with E-state index in [1.807, 2.05) is 48.6 Å². The molecule has 3 rings (SSSR count). The molecule has 0 radical (unpaired) electrons. The van der Waals surface area contributed by atoms with Gasteiger partial charge in [0.05, 0.1) is 10.7 Å². The third-order valence-corrected chi connectivity index (χ3v) is 3.61. The average molecular weight is 300 g/mol. The van der Waals surface area contributed by atoms with E-state index in [2.05, 4.69) is 10.3 Å². The first-order chi connectivity index (χ1) is 10.0. The van der Waals surface area contributed by atoms with Crippen molar-refractivity contribution in [3.63, 3.8) is 0 Å². The Kier molecular flexibility index (Phi) is 3.39. The summed E-state index contributed by atoms with van der Waals surface area (Å²) in [5.41, 5.74) is 3.76. The van der Waals surface area contributed by atoms with Crippen molar-refractivity contribution < 1.29 is 4.79 Å². The lowest BCUT2D eigenvalue weighted by Gasteiger charge is -2.06. The van der Waals surface area contributed by atoms with Crippen LogP contribution in [-0.4, -0.2) is 15.3 Å². The van der Waals surface area contributed by atoms with Gasteiger partial charge in [-0.3, -0.25) is 4.79 Å². The quantitative estimate of drug-likeness (QED) is 0.781. The highest BCUT2D eigenvalue weighted by Gasteiger charge is 2.13. The molecule has 0 aliphatic rings. The number of aromatic nitrogens is 2. The Morgan fingerprint density at radius 1 is 1.24 bits per heavy atom. The lowest BCUT2D eigenvalue weighted by atomic mass is 10.2. The number of amides is 1. The highest BCUT2D eigenvalue weighted by atomic mass is 35.5. The van der Waals surface area contributed by atoms with Gasteiger partial charge in [0.1, 0.15) is 11.3 Å². The van der Waals surface area contributed by atoms with Gasteiger partial charge in [-0.15, -0.1) is 0 Å². The van der Waals surface area contributed by atoms with Crippen LogP contribution in [0.5, 0.6) is 0 Å². The fraction of sp³-hybridized carbons (Fsp3) is 0.125. The van der Waals surface area contributed by atoms with Gasteiger partial charge in [0.15, 0.2) is 0 Å². The molecule has 0 aliphatic heterocycles. The van der Waals surface area contributed by atoms with Crippen LogP contribution in [0, 0.1) is 13.8 Å². The summed E-state index contributed by atoms with van der Waals surface area (Å²) in [7, 11) is 0. The number of anilines is 1. The Bertz CT molecular complexity index is 839. The zero-order valence-electron chi connectivity index (χ0n) is 11.7. The molecule has 0 bridgehead atoms. The van der Waals surface area contributed by atoms with Crippen LogP contribution in [0.25, 0.3) is 5.65 Å². The highest BCUT2D eigenvalue weighted by Crippen LogP contribution is 2.23. The first-order valence-corrected chi connectivity index (χ1v) is 6.94. The summed E-state index contributed by atoms with van der Waals surface area (Å²) in [6.45, 7) is 3.91. The van der Waals surface area contributed by atoms with E-state index in [9.17, 15) is 4.79 Å². The van der Waals surface area contributed by atoms with E-state index < -0.39 is 0 Å². The number of hydrogen-bond donors (Lipinski definition) is 1. The maximum atomic E-state index is 12.3. The molecule has 0 unspecified atom stereocenters. The van der Waals surface area contributed by atoms with Crippen molar-refractivity contribution >= 4 is 28.8 Å². The van der Waals surface area contributed by atoms with Crippen LogP contribution in [0.3, 0.4) is 0 Å². The summed E-state index contributed by atoms with van der Waals surface area (Å²) in [5.74, 6) is -0.274. The van der Waals surface area contributed by atoms with Crippen LogP contribution in [0.15, 0.2) is 42.6 Å². The number of nitrogens with zero attached hydrogens (tertiary/aromatic N) is 2. The standard InChI is InChI=1S/C16H14ClN3O/c1-10-6-7-13(12(17)8-10)19-16(21)14-9-20-11(2)4-3-5-15(20)18-14/h3-9H,1-2H3,(H,19,21). The summed E-state index contributed by atoms with van der Waals surface area (Å²) in [6.07, 6.45) is 1.72. The van der Waals surface area contributed by atoms with Crippen LogP contribution in [-0.2, 0) is 0 Å². The molecule has 3 aromatic rings. The second-order valence-electron chi connectivity index (χ2n) is 4.96. The summed E-state index contributed by atoms with van der Waals surface area (Å²) < 4.78 is 1.88. The minimum Gasteiger partial charge on any atom is -0.319 e. The molecule has 1 amide bonds. The fourth-order valence-corrected chi connectivity index (χ4v) is 2.45. The van der Waals surface area contributed by atoms with E-state index in [1.54, 1.807) is 12.3 Å². The van der Waals surface area contributed by atoms with Gasteiger partial charge >= 0.3 is 0 Å². The lowest BCUT2D eigenvalue weighted by molar-refractivity contribution is 0.102. The number of nitrogens with one attached hydrogen (secondary N) is 1. The van der Waals surface area contributed by atoms with E-state index in [0.717, 1.165) is 16.9 Å². The number of halogens is 1. The molecule has 0 fully saturated rings. The van der Waals surface area contributed by atoms with E-state index in [1.165, 1.54) is 0 Å². The molecule has 2 heterocycles. The van der Waals surface area contributed by atoms with Gasteiger partial charge in [-0.2, -0.15) is 0 Å². The second-order valence-corrected chi connectivity index (χ2v) is 5.37. The normalized spacial score (nSPS) is 10.8. The monoisotopic (exact) mass is 299 g/mol. The molecule has 0 spiro atoms. The summed E-state index contributed by atoms with van der Waals surface area (Å²) in [4.78, 5) is 16.6. The van der Waals surface area contributed by atoms with Gasteiger partial charge in [-0.05, 0) is 43.7 Å². The van der Waals surface area contributed by atoms with Crippen LogP contribution >= 0.6 is 11.6 Å². The zero-order chi connectivity index (χ0) is 15.0. The molecule has 1 aromatic carbocycles. The van der Waals surface area contributed by atoms with Crippen molar-refractivity contribution in [2.24, 2.45) is 0 Å². The number of carbonyl (C=O) groups excluding carboxylic acids is 1. The molecule has 2 aromatic heterocycles. The van der Waals surface area contributed by atoms with Crippen molar-refractivity contribution in [3.8, 4) is 0 Å². The lowest BCUT2D eigenvalue weighted by Crippen LogP contribution is -2.12. The predicted molar refractivity (Wildman–Crippen MR) is 84.1 cm³/mol. The average Bonchev–Trinajstić information content (AvgIpc) is 2.87. The van der Waals surface area contributed by atoms with Crippen LogP contribution in [0.1, 0.15) is 21.7 Å². The van der Waals surface area contributed by atoms with Gasteiger partial charge in [-0.1, -0.05) is 23.7 Å². The van der Waals surface area contributed by atoms with Crippen molar-refractivity contribution in [1.82, 2.24) is 9.38 Å². The maximum absolute atomic E-state index is 12.3. The molecule has 5 heteroatoms. The Morgan fingerprint density at radius 2 is 2.05 bits per heavy atom. The topological polar surface area (TPSA) is 46.4 Å². The summed E-state index contributed by atoms with van der Waals surface area (Å²) >= 11 is 6.12. The van der Waals surface area contributed by atoms with E-state index in [-0.39, 0.29) is 5.91 Å². The number of benzene rings is 1. The molecule has 4 nitrogen and oxygen atoms in total. The number of fused-ring (bicyclic) bond motifs is 1. The number of rotatable bonds is 2. The molecular weight excluding hydrogens is 286 g/mol. The van der Waals surface area contributed by atoms with Gasteiger partial charge in [0, 0.05) is 11.9 Å². The first kappa shape index (κ1) is 13.6. The van der Waals surface area contributed by atoms with Gasteiger partial charge in [0.2, 0.25) is 0 Å². The maximum Gasteiger partial charge on any atom is 0.275 e. The van der Waals surface area contributed by atoms with Crippen LogP contribution < -0.4 is 5.32 Å². The van der Waals surface area contributed by atoms with Gasteiger partial charge < -0.3 is 9.72 Å². The molecule has 0 saturated heterocycles. The number of imidazole rings is 1. The summed E-state index contributed by atoms with van der Waals surface area (Å²) in [6, 6.07) is 11.2. The Morgan fingerprint density at radius 3 is 2.76 bits per heavy atom. The van der Waals surface area contributed by atoms with Crippen molar-refractivity contribution in [1.29, 1.82) is 0 Å². The SMILES string of the molecule is Cc1ccc(NC(=O)c2cn3c(C)cccc3n2)c(Cl)c1. The summed E-state index contributed by atoms with van der Waals surface area (Å²) in [5, 5.41) is 3.30. The highest BCUT2D eigenvalue weighted by molar-refractivity contribution is 6.34. The largest absolute Gasteiger partial charge is 0.319 e. The van der Waals surface area contributed by atoms with Crippen molar-refractivity contribution in [2.45, 2.75) is 13.8 Å². The number of pyridine rings is 1. The zero-order valence-corrected chi connectivity index (χ0v) is 12.5. The number of hydrogen-bond acceptors (Lipinski definition) is 2. The van der Waals surface area contributed by atoms with Crippen molar-refractivity contribution in [3.05, 3.63) is 64.6 Å². The van der Waals surface area contributed by atoms with E-state index in [4.69, 9.17) is 11.6 Å². The third kappa shape index (κ3) is 2.62. The predicted octanol–water partition coefficient (Wildman–Crippen LogP) is 3.86. The second kappa shape index (κ2) is 5.22. The molecular formula is C16H14ClN3O. The number of carbonyl (C=O) groups is 1. The molecule has 106 valence electrons. The van der Waals surface area contributed by atoms with Crippen LogP contribution in [0.4, 0.5) is 5.69 Å². The number of aryl methyl sites for hydroxylation is 2. The molecule has 0 aliphatic carbocycles. The Labute approximate surface area is 127 Å². The minimum absolute atomic E-state index is 0.274. The fourth-order valence-electron chi connectivity index (χ4n) is 2.17. The van der Waals surface area contributed by atoms with Crippen LogP contribution in [0.2, 0.25) is 5.02 Å². The van der Waals surface area contributed by atoms with E-state index >= 15 is 0 Å². The third-order valence-electron chi connectivity index (χ3n) is 3.30. The van der Waals surface area contributed by atoms with Gasteiger partial charge in [-0.25, -0.2) is 4.98 Å². The van der Waals surface area contributed by atoms with Gasteiger partial charge in [0.25, 0.3) is 5.91 Å². The minimum atomic E-state index is -0.274. The molecule has 21 heavy (non-hydrogen) atoms. The first-order valence-electron chi connectivity index (χ1n) is 6.57. The molecule has 0 saturated carbocycles.